The predicted molar refractivity (Wildman–Crippen MR) is 43.2 cm³/mol. The van der Waals surface area contributed by atoms with Gasteiger partial charge in [0, 0.05) is 0 Å². The van der Waals surface area contributed by atoms with Crippen molar-refractivity contribution in [1.29, 1.82) is 0 Å². The van der Waals surface area contributed by atoms with Gasteiger partial charge in [0.25, 0.3) is 0 Å². The Morgan fingerprint density at radius 2 is 2.50 bits per heavy atom. The average Bonchev–Trinajstić information content (AvgIpc) is 2.59. The van der Waals surface area contributed by atoms with Gasteiger partial charge in [-0.3, -0.25) is 0 Å². The van der Waals surface area contributed by atoms with Crippen molar-refractivity contribution < 1.29 is 4.74 Å². The molecule has 58 valence electrons. The quantitative estimate of drug-likeness (QED) is 0.350. The number of hydrogen-bond donors (Lipinski definition) is 0. The normalized spacial score (nSPS) is 37.6. The van der Waals surface area contributed by atoms with Crippen LogP contribution in [0.3, 0.4) is 0 Å². The zero-order chi connectivity index (χ0) is 7.61. The molecule has 0 spiro atoms. The Kier molecular flexibility index (Phi) is 2.37. The molecule has 0 bridgehead atoms. The van der Waals surface area contributed by atoms with E-state index in [-0.39, 0.29) is 6.10 Å². The second-order valence-corrected chi connectivity index (χ2v) is 3.24. The fourth-order valence-corrected chi connectivity index (χ4v) is 1.23. The largest absolute Gasteiger partial charge is 0.345 e. The van der Waals surface area contributed by atoms with Crippen molar-refractivity contribution in [2.24, 2.45) is 0 Å². The minimum atomic E-state index is -0.505. The molecule has 2 heteroatoms. The summed E-state index contributed by atoms with van der Waals surface area (Å²) in [6.07, 6.45) is 5.35. The maximum Gasteiger partial charge on any atom is 0.186 e. The van der Waals surface area contributed by atoms with E-state index in [1.54, 1.807) is 6.08 Å². The van der Waals surface area contributed by atoms with E-state index in [4.69, 9.17) is 16.3 Å². The zero-order valence-corrected chi connectivity index (χ0v) is 7.03. The van der Waals surface area contributed by atoms with Crippen LogP contribution in [0.1, 0.15) is 26.2 Å². The van der Waals surface area contributed by atoms with Crippen molar-refractivity contribution in [2.45, 2.75) is 37.4 Å². The third-order valence-electron chi connectivity index (χ3n) is 1.80. The van der Waals surface area contributed by atoms with Crippen LogP contribution in [0.4, 0.5) is 0 Å². The summed E-state index contributed by atoms with van der Waals surface area (Å²) < 4.78 is 5.20. The van der Waals surface area contributed by atoms with Crippen LogP contribution in [0, 0.1) is 0 Å². The number of halogens is 1. The maximum absolute atomic E-state index is 5.89. The highest BCUT2D eigenvalue weighted by atomic mass is 35.5. The number of unbranched alkanes of at least 4 members (excludes halogenated alkanes) is 1. The van der Waals surface area contributed by atoms with Crippen molar-refractivity contribution in [2.75, 3.05) is 0 Å². The van der Waals surface area contributed by atoms with Crippen molar-refractivity contribution in [3.63, 3.8) is 0 Å². The predicted octanol–water partition coefficient (Wildman–Crippen LogP) is 2.70. The molecule has 0 amide bonds. The monoisotopic (exact) mass is 160 g/mol. The molecular weight excluding hydrogens is 148 g/mol. The lowest BCUT2D eigenvalue weighted by Gasteiger charge is -1.93. The van der Waals surface area contributed by atoms with Crippen LogP contribution < -0.4 is 0 Å². The van der Waals surface area contributed by atoms with E-state index in [9.17, 15) is 0 Å². The van der Waals surface area contributed by atoms with Gasteiger partial charge in [0.15, 0.2) is 5.06 Å². The Hall–Kier alpha value is -0.0100. The molecule has 2 unspecified atom stereocenters. The summed E-state index contributed by atoms with van der Waals surface area (Å²) in [7, 11) is 0. The first-order valence-corrected chi connectivity index (χ1v) is 4.11. The highest BCUT2D eigenvalue weighted by molar-refractivity contribution is 6.26. The standard InChI is InChI=1S/C8H13ClO/c1-3-5-6-7-8(9,4-2)10-7/h4,7H,2-3,5-6H2,1H3. The molecule has 1 saturated heterocycles. The smallest absolute Gasteiger partial charge is 0.186 e. The van der Waals surface area contributed by atoms with Crippen LogP contribution >= 0.6 is 11.6 Å². The number of epoxide rings is 1. The van der Waals surface area contributed by atoms with Gasteiger partial charge in [-0.05, 0) is 12.5 Å². The number of hydrogen-bond acceptors (Lipinski definition) is 1. The van der Waals surface area contributed by atoms with Crippen LogP contribution in [0.2, 0.25) is 0 Å². The summed E-state index contributed by atoms with van der Waals surface area (Å²) >= 11 is 5.89. The second kappa shape index (κ2) is 2.93. The van der Waals surface area contributed by atoms with Crippen molar-refractivity contribution in [3.05, 3.63) is 12.7 Å². The molecule has 0 aliphatic carbocycles. The first-order valence-electron chi connectivity index (χ1n) is 3.73. The maximum atomic E-state index is 5.89. The average molecular weight is 161 g/mol. The molecule has 1 fully saturated rings. The SMILES string of the molecule is C=CC1(Cl)OC1CCCC. The molecule has 2 atom stereocenters. The summed E-state index contributed by atoms with van der Waals surface area (Å²) in [4.78, 5) is 0. The fraction of sp³-hybridized carbons (Fsp3) is 0.750. The third-order valence-corrected chi connectivity index (χ3v) is 2.29. The number of alkyl halides is 1. The van der Waals surface area contributed by atoms with Gasteiger partial charge in [-0.1, -0.05) is 37.9 Å². The van der Waals surface area contributed by atoms with E-state index >= 15 is 0 Å². The van der Waals surface area contributed by atoms with E-state index in [0.717, 1.165) is 6.42 Å². The lowest BCUT2D eigenvalue weighted by atomic mass is 10.1. The molecule has 0 saturated carbocycles. The molecule has 1 rings (SSSR count). The van der Waals surface area contributed by atoms with Crippen LogP contribution in [0.5, 0.6) is 0 Å². The van der Waals surface area contributed by atoms with Gasteiger partial charge in [0.05, 0.1) is 0 Å². The van der Waals surface area contributed by atoms with Gasteiger partial charge in [-0.2, -0.15) is 0 Å². The molecule has 0 radical (unpaired) electrons. The van der Waals surface area contributed by atoms with Gasteiger partial charge >= 0.3 is 0 Å². The minimum absolute atomic E-state index is 0.228. The van der Waals surface area contributed by atoms with E-state index in [0.29, 0.717) is 0 Å². The minimum Gasteiger partial charge on any atom is -0.345 e. The van der Waals surface area contributed by atoms with Crippen LogP contribution in [-0.2, 0) is 4.74 Å². The Morgan fingerprint density at radius 1 is 1.80 bits per heavy atom. The molecule has 1 heterocycles. The van der Waals surface area contributed by atoms with Crippen molar-refractivity contribution in [1.82, 2.24) is 0 Å². The lowest BCUT2D eigenvalue weighted by Crippen LogP contribution is -2.00. The summed E-state index contributed by atoms with van der Waals surface area (Å²) in [6, 6.07) is 0. The van der Waals surface area contributed by atoms with Crippen LogP contribution in [0.15, 0.2) is 12.7 Å². The Labute approximate surface area is 67.0 Å². The first kappa shape index (κ1) is 8.09. The summed E-state index contributed by atoms with van der Waals surface area (Å²) in [5.41, 5.74) is 0. The highest BCUT2D eigenvalue weighted by Gasteiger charge is 2.51. The third kappa shape index (κ3) is 1.53. The van der Waals surface area contributed by atoms with Crippen molar-refractivity contribution in [3.8, 4) is 0 Å². The number of rotatable bonds is 4. The van der Waals surface area contributed by atoms with Gasteiger partial charge in [-0.15, -0.1) is 0 Å². The molecule has 1 nitrogen and oxygen atoms in total. The van der Waals surface area contributed by atoms with E-state index in [1.807, 2.05) is 0 Å². The Morgan fingerprint density at radius 3 is 2.90 bits per heavy atom. The molecule has 0 aromatic rings. The van der Waals surface area contributed by atoms with Gasteiger partial charge in [0.2, 0.25) is 0 Å². The first-order chi connectivity index (χ1) is 4.73. The molecule has 0 aromatic heterocycles. The Balaban J connectivity index is 2.18. The second-order valence-electron chi connectivity index (χ2n) is 2.65. The summed E-state index contributed by atoms with van der Waals surface area (Å²) in [5, 5.41) is -0.505. The molecule has 1 aliphatic heterocycles. The molecule has 0 aromatic carbocycles. The molecule has 10 heavy (non-hydrogen) atoms. The van der Waals surface area contributed by atoms with E-state index in [2.05, 4.69) is 13.5 Å². The van der Waals surface area contributed by atoms with Crippen LogP contribution in [0.25, 0.3) is 0 Å². The molecule has 1 aliphatic rings. The Bertz CT molecular complexity index is 135. The molecule has 0 N–H and O–H groups in total. The van der Waals surface area contributed by atoms with E-state index in [1.165, 1.54) is 12.8 Å². The van der Waals surface area contributed by atoms with Crippen molar-refractivity contribution >= 4 is 11.6 Å². The van der Waals surface area contributed by atoms with E-state index < -0.39 is 5.06 Å². The van der Waals surface area contributed by atoms with Gasteiger partial charge < -0.3 is 4.74 Å². The summed E-state index contributed by atoms with van der Waals surface area (Å²) in [6.45, 7) is 5.75. The van der Waals surface area contributed by atoms with Crippen LogP contribution in [-0.4, -0.2) is 11.2 Å². The summed E-state index contributed by atoms with van der Waals surface area (Å²) in [5.74, 6) is 0. The van der Waals surface area contributed by atoms with Gasteiger partial charge in [0.1, 0.15) is 6.10 Å². The number of ether oxygens (including phenoxy) is 1. The highest BCUT2D eigenvalue weighted by Crippen LogP contribution is 2.44. The topological polar surface area (TPSA) is 12.5 Å². The lowest BCUT2D eigenvalue weighted by molar-refractivity contribution is 0.363. The zero-order valence-electron chi connectivity index (χ0n) is 6.27. The fourth-order valence-electron chi connectivity index (χ4n) is 1.01. The molecular formula is C8H13ClO. The van der Waals surface area contributed by atoms with Gasteiger partial charge in [-0.25, -0.2) is 0 Å².